The molecular weight excluding hydrogens is 366 g/mol. The summed E-state index contributed by atoms with van der Waals surface area (Å²) < 4.78 is 24.7. The van der Waals surface area contributed by atoms with Gasteiger partial charge in [-0.25, -0.2) is 13.4 Å². The summed E-state index contributed by atoms with van der Waals surface area (Å²) in [6.45, 7) is 1.60. The van der Waals surface area contributed by atoms with Gasteiger partial charge in [-0.15, -0.1) is 0 Å². The molecule has 8 heteroatoms. The number of sulfone groups is 1. The lowest BCUT2D eigenvalue weighted by molar-refractivity contribution is 0.597. The summed E-state index contributed by atoms with van der Waals surface area (Å²) in [5, 5.41) is 3.04. The van der Waals surface area contributed by atoms with E-state index in [9.17, 15) is 8.42 Å². The highest BCUT2D eigenvalue weighted by Gasteiger charge is 2.17. The van der Waals surface area contributed by atoms with Gasteiger partial charge in [-0.1, -0.05) is 19.1 Å². The highest BCUT2D eigenvalue weighted by atomic mass is 79.9. The molecule has 0 spiro atoms. The first-order valence-electron chi connectivity index (χ1n) is 5.71. The molecule has 0 aliphatic carbocycles. The van der Waals surface area contributed by atoms with E-state index < -0.39 is 9.84 Å². The molecule has 0 saturated heterocycles. The van der Waals surface area contributed by atoms with Gasteiger partial charge in [0.15, 0.2) is 9.84 Å². The maximum Gasteiger partial charge on any atom is 0.224 e. The Hall–Kier alpha value is -1.18. The van der Waals surface area contributed by atoms with Gasteiger partial charge in [0.1, 0.15) is 5.82 Å². The van der Waals surface area contributed by atoms with Gasteiger partial charge in [-0.2, -0.15) is 4.98 Å². The first-order valence-corrected chi connectivity index (χ1v) is 8.53. The predicted octanol–water partition coefficient (Wildman–Crippen LogP) is 3.43. The smallest absolute Gasteiger partial charge is 0.224 e. The van der Waals surface area contributed by atoms with Crippen LogP contribution in [0.2, 0.25) is 5.28 Å². The number of para-hydroxylation sites is 1. The third kappa shape index (κ3) is 3.28. The Bertz CT molecular complexity index is 737. The minimum Gasteiger partial charge on any atom is -0.338 e. The second-order valence-electron chi connectivity index (χ2n) is 3.86. The van der Waals surface area contributed by atoms with E-state index in [-0.39, 0.29) is 15.9 Å². The van der Waals surface area contributed by atoms with Crippen LogP contribution in [0.3, 0.4) is 0 Å². The van der Waals surface area contributed by atoms with Crippen molar-refractivity contribution in [3.8, 4) is 0 Å². The molecule has 0 atom stereocenters. The number of hydrogen-bond donors (Lipinski definition) is 1. The number of nitrogens with one attached hydrogen (secondary N) is 1. The third-order valence-corrected chi connectivity index (χ3v) is 5.12. The highest BCUT2D eigenvalue weighted by Crippen LogP contribution is 2.28. The molecule has 0 bridgehead atoms. The molecule has 0 fully saturated rings. The fourth-order valence-corrected chi connectivity index (χ4v) is 3.03. The average molecular weight is 377 g/mol. The monoisotopic (exact) mass is 375 g/mol. The summed E-state index contributed by atoms with van der Waals surface area (Å²) in [6.07, 6.45) is 1.49. The van der Waals surface area contributed by atoms with Crippen LogP contribution in [0.1, 0.15) is 6.92 Å². The molecule has 2 aromatic rings. The summed E-state index contributed by atoms with van der Waals surface area (Å²) in [7, 11) is -3.33. The number of anilines is 2. The molecule has 1 heterocycles. The molecule has 1 aromatic carbocycles. The highest BCUT2D eigenvalue weighted by molar-refractivity contribution is 9.10. The number of aromatic nitrogens is 2. The number of nitrogens with zero attached hydrogens (tertiary/aromatic N) is 2. The molecule has 1 N–H and O–H groups in total. The first kappa shape index (κ1) is 15.2. The summed E-state index contributed by atoms with van der Waals surface area (Å²) in [5.74, 6) is 0.431. The van der Waals surface area contributed by atoms with Crippen LogP contribution >= 0.6 is 27.5 Å². The number of rotatable bonds is 4. The maximum atomic E-state index is 12.1. The average Bonchev–Trinajstić information content (AvgIpc) is 2.43. The normalized spacial score (nSPS) is 11.3. The zero-order valence-corrected chi connectivity index (χ0v) is 13.6. The minimum atomic E-state index is -3.33. The largest absolute Gasteiger partial charge is 0.338 e. The quantitative estimate of drug-likeness (QED) is 0.828. The minimum absolute atomic E-state index is 0.0252. The molecule has 0 aliphatic rings. The molecule has 5 nitrogen and oxygen atoms in total. The van der Waals surface area contributed by atoms with Crippen LogP contribution in [-0.4, -0.2) is 24.1 Å². The van der Waals surface area contributed by atoms with E-state index in [4.69, 9.17) is 11.6 Å². The third-order valence-electron chi connectivity index (χ3n) is 2.57. The standard InChI is InChI=1S/C12H11BrClN3O2S/c1-2-20(18,19)10-6-4-3-5-9(10)16-11-8(13)7-15-12(14)17-11/h3-7H,2H2,1H3,(H,15,16,17). The summed E-state index contributed by atoms with van der Waals surface area (Å²) in [5.41, 5.74) is 0.449. The zero-order chi connectivity index (χ0) is 14.8. The lowest BCUT2D eigenvalue weighted by atomic mass is 10.3. The molecule has 0 amide bonds. The molecule has 0 saturated carbocycles. The van der Waals surface area contributed by atoms with Crippen molar-refractivity contribution in [2.45, 2.75) is 11.8 Å². The SMILES string of the molecule is CCS(=O)(=O)c1ccccc1Nc1nc(Cl)ncc1Br. The van der Waals surface area contributed by atoms with Gasteiger partial charge in [0.05, 0.1) is 20.8 Å². The van der Waals surface area contributed by atoms with E-state index in [0.717, 1.165) is 0 Å². The molecule has 0 unspecified atom stereocenters. The topological polar surface area (TPSA) is 72.0 Å². The first-order chi connectivity index (χ1) is 9.44. The van der Waals surface area contributed by atoms with Crippen molar-refractivity contribution in [1.82, 2.24) is 9.97 Å². The summed E-state index contributed by atoms with van der Waals surface area (Å²) in [4.78, 5) is 8.06. The lowest BCUT2D eigenvalue weighted by Crippen LogP contribution is -2.07. The van der Waals surface area contributed by atoms with Crippen LogP contribution in [-0.2, 0) is 9.84 Å². The van der Waals surface area contributed by atoms with Gasteiger partial charge in [0.2, 0.25) is 5.28 Å². The lowest BCUT2D eigenvalue weighted by Gasteiger charge is -2.12. The van der Waals surface area contributed by atoms with Crippen molar-refractivity contribution in [3.63, 3.8) is 0 Å². The van der Waals surface area contributed by atoms with E-state index >= 15 is 0 Å². The van der Waals surface area contributed by atoms with Crippen LogP contribution < -0.4 is 5.32 Å². The van der Waals surface area contributed by atoms with Gasteiger partial charge < -0.3 is 5.32 Å². The Morgan fingerprint density at radius 2 is 2.05 bits per heavy atom. The molecular formula is C12H11BrClN3O2S. The molecule has 1 aromatic heterocycles. The Morgan fingerprint density at radius 3 is 2.75 bits per heavy atom. The summed E-state index contributed by atoms with van der Waals surface area (Å²) in [6, 6.07) is 6.65. The fraction of sp³-hybridized carbons (Fsp3) is 0.167. The van der Waals surface area contributed by atoms with Crippen molar-refractivity contribution in [2.75, 3.05) is 11.1 Å². The number of hydrogen-bond acceptors (Lipinski definition) is 5. The van der Waals surface area contributed by atoms with Crippen molar-refractivity contribution < 1.29 is 8.42 Å². The van der Waals surface area contributed by atoms with Crippen molar-refractivity contribution in [1.29, 1.82) is 0 Å². The molecule has 2 rings (SSSR count). The zero-order valence-electron chi connectivity index (χ0n) is 10.5. The van der Waals surface area contributed by atoms with E-state index in [1.165, 1.54) is 6.20 Å². The molecule has 0 aliphatic heterocycles. The van der Waals surface area contributed by atoms with Crippen LogP contribution in [0.5, 0.6) is 0 Å². The van der Waals surface area contributed by atoms with Crippen molar-refractivity contribution in [2.24, 2.45) is 0 Å². The van der Waals surface area contributed by atoms with Gasteiger partial charge in [-0.05, 0) is 39.7 Å². The Labute approximate surface area is 130 Å². The van der Waals surface area contributed by atoms with Gasteiger partial charge in [0, 0.05) is 6.20 Å². The fourth-order valence-electron chi connectivity index (χ4n) is 1.56. The molecule has 20 heavy (non-hydrogen) atoms. The summed E-state index contributed by atoms with van der Waals surface area (Å²) >= 11 is 9.02. The maximum absolute atomic E-state index is 12.1. The molecule has 0 radical (unpaired) electrons. The van der Waals surface area contributed by atoms with Crippen LogP contribution in [0.4, 0.5) is 11.5 Å². The number of benzene rings is 1. The molecule has 106 valence electrons. The van der Waals surface area contributed by atoms with Crippen LogP contribution in [0, 0.1) is 0 Å². The second-order valence-corrected chi connectivity index (χ2v) is 7.30. The van der Waals surface area contributed by atoms with Crippen molar-refractivity contribution in [3.05, 3.63) is 40.2 Å². The number of halogens is 2. The van der Waals surface area contributed by atoms with E-state index in [1.807, 2.05) is 0 Å². The van der Waals surface area contributed by atoms with Crippen LogP contribution in [0.25, 0.3) is 0 Å². The van der Waals surface area contributed by atoms with E-state index in [1.54, 1.807) is 31.2 Å². The van der Waals surface area contributed by atoms with Gasteiger partial charge in [0.25, 0.3) is 0 Å². The van der Waals surface area contributed by atoms with Crippen molar-refractivity contribution >= 4 is 48.9 Å². The Balaban J connectivity index is 2.47. The van der Waals surface area contributed by atoms with Gasteiger partial charge >= 0.3 is 0 Å². The predicted molar refractivity (Wildman–Crippen MR) is 82.2 cm³/mol. The van der Waals surface area contributed by atoms with E-state index in [2.05, 4.69) is 31.2 Å². The Morgan fingerprint density at radius 1 is 1.35 bits per heavy atom. The Kier molecular flexibility index (Phi) is 4.62. The van der Waals surface area contributed by atoms with E-state index in [0.29, 0.717) is 16.0 Å². The van der Waals surface area contributed by atoms with Gasteiger partial charge in [-0.3, -0.25) is 0 Å². The second kappa shape index (κ2) is 6.07. The van der Waals surface area contributed by atoms with Crippen LogP contribution in [0.15, 0.2) is 39.8 Å².